The summed E-state index contributed by atoms with van der Waals surface area (Å²) < 4.78 is 0.496. The van der Waals surface area contributed by atoms with E-state index < -0.39 is 0 Å². The molecule has 1 N–H and O–H groups in total. The van der Waals surface area contributed by atoms with Gasteiger partial charge in [-0.25, -0.2) is 0 Å². The van der Waals surface area contributed by atoms with Crippen LogP contribution in [0.25, 0.3) is 0 Å². The van der Waals surface area contributed by atoms with Crippen molar-refractivity contribution < 1.29 is 5.11 Å². The van der Waals surface area contributed by atoms with Crippen LogP contribution in [-0.2, 0) is 6.42 Å². The first-order valence-corrected chi connectivity index (χ1v) is 10.2. The van der Waals surface area contributed by atoms with Crippen LogP contribution in [-0.4, -0.2) is 20.7 Å². The molecule has 2 atom stereocenters. The molecule has 2 fully saturated rings. The zero-order valence-electron chi connectivity index (χ0n) is 12.7. The molecule has 0 unspecified atom stereocenters. The Morgan fingerprint density at radius 1 is 1.19 bits per heavy atom. The highest BCUT2D eigenvalue weighted by atomic mass is 32.2. The van der Waals surface area contributed by atoms with E-state index in [9.17, 15) is 5.11 Å². The highest BCUT2D eigenvalue weighted by molar-refractivity contribution is 8.21. The summed E-state index contributed by atoms with van der Waals surface area (Å²) in [7, 11) is 0. The highest BCUT2D eigenvalue weighted by Crippen LogP contribution is 2.64. The second kappa shape index (κ2) is 5.13. The van der Waals surface area contributed by atoms with Crippen molar-refractivity contribution in [1.82, 2.24) is 0 Å². The van der Waals surface area contributed by atoms with Gasteiger partial charge in [-0.15, -0.1) is 23.5 Å². The van der Waals surface area contributed by atoms with Gasteiger partial charge < -0.3 is 5.11 Å². The Bertz CT molecular complexity index is 550. The van der Waals surface area contributed by atoms with Crippen molar-refractivity contribution in [3.8, 4) is 5.75 Å². The molecule has 3 heteroatoms. The Labute approximate surface area is 136 Å². The average molecular weight is 321 g/mol. The van der Waals surface area contributed by atoms with E-state index in [1.54, 1.807) is 5.56 Å². The quantitative estimate of drug-likeness (QED) is 0.770. The minimum atomic E-state index is 0.438. The number of hydrogen-bond acceptors (Lipinski definition) is 3. The van der Waals surface area contributed by atoms with Crippen molar-refractivity contribution in [2.75, 3.05) is 11.5 Å². The van der Waals surface area contributed by atoms with Gasteiger partial charge in [0.25, 0.3) is 0 Å². The molecule has 0 radical (unpaired) electrons. The molecule has 1 heterocycles. The van der Waals surface area contributed by atoms with Gasteiger partial charge in [0.2, 0.25) is 0 Å². The number of rotatable bonds is 1. The predicted octanol–water partition coefficient (Wildman–Crippen LogP) is 5.18. The van der Waals surface area contributed by atoms with Gasteiger partial charge in [-0.2, -0.15) is 0 Å². The molecule has 0 bridgehead atoms. The Morgan fingerprint density at radius 2 is 2.00 bits per heavy atom. The SMILES string of the molecule is CC[C@@]12CCc3cc(O)ccc3[C@H]1CC1(CC2)SCCS1. The Balaban J connectivity index is 1.75. The van der Waals surface area contributed by atoms with Gasteiger partial charge in [-0.1, -0.05) is 13.0 Å². The van der Waals surface area contributed by atoms with Gasteiger partial charge in [-0.3, -0.25) is 0 Å². The smallest absolute Gasteiger partial charge is 0.115 e. The van der Waals surface area contributed by atoms with E-state index in [2.05, 4.69) is 36.5 Å². The number of thioether (sulfide) groups is 2. The molecule has 114 valence electrons. The fourth-order valence-electron chi connectivity index (χ4n) is 4.87. The van der Waals surface area contributed by atoms with Crippen molar-refractivity contribution in [3.63, 3.8) is 0 Å². The maximum atomic E-state index is 9.80. The van der Waals surface area contributed by atoms with E-state index in [1.165, 1.54) is 49.2 Å². The van der Waals surface area contributed by atoms with E-state index in [0.29, 0.717) is 21.2 Å². The van der Waals surface area contributed by atoms with Crippen LogP contribution in [0, 0.1) is 5.41 Å². The van der Waals surface area contributed by atoms with Crippen molar-refractivity contribution in [2.45, 2.75) is 55.4 Å². The second-order valence-electron chi connectivity index (χ2n) is 6.96. The monoisotopic (exact) mass is 320 g/mol. The van der Waals surface area contributed by atoms with Gasteiger partial charge in [0.15, 0.2) is 0 Å². The number of phenolic OH excluding ortho intramolecular Hbond substituents is 1. The third kappa shape index (κ3) is 2.23. The molecular weight excluding hydrogens is 296 g/mol. The third-order valence-electron chi connectivity index (χ3n) is 6.17. The summed E-state index contributed by atoms with van der Waals surface area (Å²) in [6.45, 7) is 2.39. The van der Waals surface area contributed by atoms with Crippen LogP contribution in [0.1, 0.15) is 56.1 Å². The lowest BCUT2D eigenvalue weighted by Crippen LogP contribution is -2.42. The van der Waals surface area contributed by atoms with Gasteiger partial charge in [-0.05, 0) is 73.1 Å². The third-order valence-corrected chi connectivity index (χ3v) is 9.75. The normalized spacial score (nSPS) is 33.7. The summed E-state index contributed by atoms with van der Waals surface area (Å²) in [4.78, 5) is 0. The van der Waals surface area contributed by atoms with Crippen molar-refractivity contribution >= 4 is 23.5 Å². The van der Waals surface area contributed by atoms with Crippen LogP contribution in [0.5, 0.6) is 5.75 Å². The van der Waals surface area contributed by atoms with E-state index >= 15 is 0 Å². The molecule has 1 spiro atoms. The molecular formula is C18H24OS2. The van der Waals surface area contributed by atoms with Crippen LogP contribution >= 0.6 is 23.5 Å². The lowest BCUT2D eigenvalue weighted by molar-refractivity contribution is 0.116. The number of phenols is 1. The molecule has 0 aromatic heterocycles. The lowest BCUT2D eigenvalue weighted by Gasteiger charge is -2.53. The molecule has 1 aromatic rings. The summed E-state index contributed by atoms with van der Waals surface area (Å²) in [5, 5.41) is 9.80. The number of aromatic hydroxyl groups is 1. The first-order valence-electron chi connectivity index (χ1n) is 8.26. The van der Waals surface area contributed by atoms with Crippen LogP contribution in [0.3, 0.4) is 0 Å². The Kier molecular flexibility index (Phi) is 3.50. The van der Waals surface area contributed by atoms with Crippen LogP contribution in [0.2, 0.25) is 0 Å². The number of benzene rings is 1. The molecule has 1 nitrogen and oxygen atoms in total. The van der Waals surface area contributed by atoms with Gasteiger partial charge in [0, 0.05) is 11.5 Å². The molecule has 3 aliphatic rings. The van der Waals surface area contributed by atoms with Crippen LogP contribution < -0.4 is 0 Å². The molecule has 4 rings (SSSR count). The van der Waals surface area contributed by atoms with E-state index in [-0.39, 0.29) is 0 Å². The van der Waals surface area contributed by atoms with Gasteiger partial charge in [0.1, 0.15) is 5.75 Å². The lowest BCUT2D eigenvalue weighted by atomic mass is 9.56. The van der Waals surface area contributed by atoms with E-state index in [4.69, 9.17) is 0 Å². The summed E-state index contributed by atoms with van der Waals surface area (Å²) in [6, 6.07) is 6.15. The van der Waals surface area contributed by atoms with Crippen molar-refractivity contribution in [3.05, 3.63) is 29.3 Å². The molecule has 21 heavy (non-hydrogen) atoms. The average Bonchev–Trinajstić information content (AvgIpc) is 2.95. The van der Waals surface area contributed by atoms with E-state index in [0.717, 1.165) is 6.42 Å². The van der Waals surface area contributed by atoms with Gasteiger partial charge >= 0.3 is 0 Å². The summed E-state index contributed by atoms with van der Waals surface area (Å²) in [5.41, 5.74) is 3.49. The summed E-state index contributed by atoms with van der Waals surface area (Å²) >= 11 is 4.44. The molecule has 1 saturated heterocycles. The van der Waals surface area contributed by atoms with Crippen LogP contribution in [0.4, 0.5) is 0 Å². The molecule has 1 aromatic carbocycles. The fraction of sp³-hybridized carbons (Fsp3) is 0.667. The number of fused-ring (bicyclic) bond motifs is 3. The molecule has 1 aliphatic heterocycles. The number of hydrogen-bond donors (Lipinski definition) is 1. The standard InChI is InChI=1S/C18H24OS2/c1-2-17-6-5-13-11-14(19)3-4-15(13)16(17)12-18(8-7-17)20-9-10-21-18/h3-4,11,16,19H,2,5-10,12H2,1H3/t16-,17+/m1/s1. The Hall–Kier alpha value is -0.280. The summed E-state index contributed by atoms with van der Waals surface area (Å²) in [6.07, 6.45) is 7.92. The Morgan fingerprint density at radius 3 is 2.76 bits per heavy atom. The van der Waals surface area contributed by atoms with Gasteiger partial charge in [0.05, 0.1) is 4.08 Å². The summed E-state index contributed by atoms with van der Waals surface area (Å²) in [5.74, 6) is 3.81. The maximum Gasteiger partial charge on any atom is 0.115 e. The minimum absolute atomic E-state index is 0.438. The maximum absolute atomic E-state index is 9.80. The molecule has 1 saturated carbocycles. The highest BCUT2D eigenvalue weighted by Gasteiger charge is 2.52. The zero-order valence-corrected chi connectivity index (χ0v) is 14.4. The largest absolute Gasteiger partial charge is 0.508 e. The van der Waals surface area contributed by atoms with E-state index in [1.807, 2.05) is 12.1 Å². The second-order valence-corrected chi connectivity index (χ2v) is 10.2. The topological polar surface area (TPSA) is 20.2 Å². The first-order chi connectivity index (χ1) is 10.2. The fourth-order valence-corrected chi connectivity index (χ4v) is 8.18. The first kappa shape index (κ1) is 14.3. The minimum Gasteiger partial charge on any atom is -0.508 e. The number of aryl methyl sites for hydroxylation is 1. The van der Waals surface area contributed by atoms with Crippen molar-refractivity contribution in [2.24, 2.45) is 5.41 Å². The zero-order chi connectivity index (χ0) is 14.5. The van der Waals surface area contributed by atoms with Crippen molar-refractivity contribution in [1.29, 1.82) is 0 Å². The predicted molar refractivity (Wildman–Crippen MR) is 93.4 cm³/mol. The van der Waals surface area contributed by atoms with Crippen LogP contribution in [0.15, 0.2) is 18.2 Å². The molecule has 0 amide bonds. The molecule has 2 aliphatic carbocycles.